The molecule has 1 rings (SSSR count). The lowest BCUT2D eigenvalue weighted by Crippen LogP contribution is -2.00. The van der Waals surface area contributed by atoms with Gasteiger partial charge < -0.3 is 14.7 Å². The summed E-state index contributed by atoms with van der Waals surface area (Å²) in [6.45, 7) is 0.180. The van der Waals surface area contributed by atoms with Crippen LogP contribution in [0, 0.1) is 15.9 Å². The average Bonchev–Trinajstić information content (AvgIpc) is 2.27. The van der Waals surface area contributed by atoms with E-state index in [-0.39, 0.29) is 6.61 Å². The van der Waals surface area contributed by atoms with Crippen LogP contribution in [0.25, 0.3) is 0 Å². The summed E-state index contributed by atoms with van der Waals surface area (Å²) in [5.41, 5.74) is 0.719. The monoisotopic (exact) mass is 331 g/mol. The molecule has 0 aliphatic carbocycles. The van der Waals surface area contributed by atoms with Crippen molar-refractivity contribution in [3.8, 4) is 23.8 Å². The highest BCUT2D eigenvalue weighted by atomic mass is 127. The molecule has 0 aliphatic rings. The van der Waals surface area contributed by atoms with Crippen LogP contribution in [0.5, 0.6) is 11.5 Å². The molecule has 0 radical (unpaired) electrons. The molecule has 1 N–H and O–H groups in total. The molecule has 1 aromatic carbocycles. The zero-order valence-electron chi connectivity index (χ0n) is 8.61. The SMILES string of the molecule is C#CCOc1c(I)cc(C=NO)cc1OC. The normalized spacial score (nSPS) is 10.1. The van der Waals surface area contributed by atoms with Crippen molar-refractivity contribution in [2.75, 3.05) is 13.7 Å². The van der Waals surface area contributed by atoms with Crippen LogP contribution < -0.4 is 9.47 Å². The second-order valence-electron chi connectivity index (χ2n) is 2.77. The van der Waals surface area contributed by atoms with E-state index in [1.165, 1.54) is 13.3 Å². The van der Waals surface area contributed by atoms with E-state index in [2.05, 4.69) is 33.7 Å². The Balaban J connectivity index is 3.13. The van der Waals surface area contributed by atoms with Crippen molar-refractivity contribution in [3.05, 3.63) is 21.3 Å². The molecule has 0 fully saturated rings. The maximum atomic E-state index is 8.45. The number of hydrogen-bond donors (Lipinski definition) is 1. The van der Waals surface area contributed by atoms with Crippen molar-refractivity contribution in [3.63, 3.8) is 0 Å². The number of rotatable bonds is 4. The fourth-order valence-corrected chi connectivity index (χ4v) is 1.92. The molecule has 4 nitrogen and oxygen atoms in total. The van der Waals surface area contributed by atoms with Crippen LogP contribution in [0.4, 0.5) is 0 Å². The van der Waals surface area contributed by atoms with Gasteiger partial charge in [-0.05, 0) is 34.7 Å². The predicted molar refractivity (Wildman–Crippen MR) is 69.4 cm³/mol. The van der Waals surface area contributed by atoms with Crippen LogP contribution >= 0.6 is 22.6 Å². The van der Waals surface area contributed by atoms with Gasteiger partial charge in [0.15, 0.2) is 11.5 Å². The third-order valence-electron chi connectivity index (χ3n) is 1.76. The van der Waals surface area contributed by atoms with Crippen molar-refractivity contribution in [2.45, 2.75) is 0 Å². The molecule has 0 heterocycles. The second-order valence-corrected chi connectivity index (χ2v) is 3.93. The van der Waals surface area contributed by atoms with E-state index in [1.54, 1.807) is 12.1 Å². The lowest BCUT2D eigenvalue weighted by Gasteiger charge is -2.11. The quantitative estimate of drug-likeness (QED) is 0.302. The molecule has 0 spiro atoms. The van der Waals surface area contributed by atoms with Crippen molar-refractivity contribution in [1.29, 1.82) is 0 Å². The number of nitrogens with zero attached hydrogens (tertiary/aromatic N) is 1. The first-order valence-electron chi connectivity index (χ1n) is 4.34. The van der Waals surface area contributed by atoms with Gasteiger partial charge in [0.05, 0.1) is 16.9 Å². The fourth-order valence-electron chi connectivity index (χ4n) is 1.13. The van der Waals surface area contributed by atoms with Gasteiger partial charge in [-0.3, -0.25) is 0 Å². The third kappa shape index (κ3) is 3.03. The summed E-state index contributed by atoms with van der Waals surface area (Å²) in [5.74, 6) is 3.53. The Morgan fingerprint density at radius 2 is 2.38 bits per heavy atom. The summed E-state index contributed by atoms with van der Waals surface area (Å²) in [6.07, 6.45) is 6.44. The molecule has 0 saturated heterocycles. The maximum absolute atomic E-state index is 8.45. The molecule has 16 heavy (non-hydrogen) atoms. The maximum Gasteiger partial charge on any atom is 0.175 e. The molecular formula is C11H10INO3. The number of hydrogen-bond acceptors (Lipinski definition) is 4. The number of methoxy groups -OCH3 is 1. The van der Waals surface area contributed by atoms with Crippen LogP contribution in [0.2, 0.25) is 0 Å². The zero-order chi connectivity index (χ0) is 12.0. The Bertz CT molecular complexity index is 438. The van der Waals surface area contributed by atoms with E-state index in [0.717, 1.165) is 9.13 Å². The lowest BCUT2D eigenvalue weighted by atomic mass is 10.2. The van der Waals surface area contributed by atoms with Crippen LogP contribution in [0.3, 0.4) is 0 Å². The molecule has 0 atom stereocenters. The van der Waals surface area contributed by atoms with Gasteiger partial charge in [-0.2, -0.15) is 0 Å². The first-order valence-corrected chi connectivity index (χ1v) is 5.42. The first kappa shape index (κ1) is 12.6. The van der Waals surface area contributed by atoms with Crippen LogP contribution in [0.15, 0.2) is 17.3 Å². The zero-order valence-corrected chi connectivity index (χ0v) is 10.8. The van der Waals surface area contributed by atoms with Crippen molar-refractivity contribution in [1.82, 2.24) is 0 Å². The van der Waals surface area contributed by atoms with Gasteiger partial charge in [0.25, 0.3) is 0 Å². The van der Waals surface area contributed by atoms with Gasteiger partial charge in [-0.1, -0.05) is 11.1 Å². The number of halogens is 1. The highest BCUT2D eigenvalue weighted by Crippen LogP contribution is 2.33. The number of benzene rings is 1. The highest BCUT2D eigenvalue weighted by molar-refractivity contribution is 14.1. The number of ether oxygens (including phenoxy) is 2. The molecule has 0 unspecified atom stereocenters. The van der Waals surface area contributed by atoms with Gasteiger partial charge in [0.1, 0.15) is 6.61 Å². The Labute approximate surface area is 107 Å². The van der Waals surface area contributed by atoms with Crippen LogP contribution in [-0.4, -0.2) is 25.1 Å². The van der Waals surface area contributed by atoms with Gasteiger partial charge in [-0.15, -0.1) is 6.42 Å². The fraction of sp³-hybridized carbons (Fsp3) is 0.182. The van der Waals surface area contributed by atoms with Crippen LogP contribution in [0.1, 0.15) is 5.56 Å². The average molecular weight is 331 g/mol. The smallest absolute Gasteiger partial charge is 0.175 e. The van der Waals surface area contributed by atoms with Crippen molar-refractivity contribution in [2.24, 2.45) is 5.16 Å². The van der Waals surface area contributed by atoms with E-state index in [1.807, 2.05) is 0 Å². The topological polar surface area (TPSA) is 51.0 Å². The van der Waals surface area contributed by atoms with Crippen LogP contribution in [-0.2, 0) is 0 Å². The highest BCUT2D eigenvalue weighted by Gasteiger charge is 2.10. The third-order valence-corrected chi connectivity index (χ3v) is 2.56. The minimum absolute atomic E-state index is 0.180. The summed E-state index contributed by atoms with van der Waals surface area (Å²) >= 11 is 2.10. The van der Waals surface area contributed by atoms with E-state index in [9.17, 15) is 0 Å². The van der Waals surface area contributed by atoms with E-state index < -0.39 is 0 Å². The van der Waals surface area contributed by atoms with Crippen molar-refractivity contribution >= 4 is 28.8 Å². The van der Waals surface area contributed by atoms with Gasteiger partial charge >= 0.3 is 0 Å². The first-order chi connectivity index (χ1) is 7.72. The second kappa shape index (κ2) is 6.23. The summed E-state index contributed by atoms with van der Waals surface area (Å²) < 4.78 is 11.4. The molecule has 84 valence electrons. The summed E-state index contributed by atoms with van der Waals surface area (Å²) in [7, 11) is 1.54. The van der Waals surface area contributed by atoms with E-state index in [4.69, 9.17) is 21.1 Å². The van der Waals surface area contributed by atoms with Gasteiger partial charge in [-0.25, -0.2) is 0 Å². The van der Waals surface area contributed by atoms with Gasteiger partial charge in [0, 0.05) is 5.56 Å². The van der Waals surface area contributed by atoms with Crippen molar-refractivity contribution < 1.29 is 14.7 Å². The Kier molecular flexibility index (Phi) is 4.92. The Morgan fingerprint density at radius 1 is 1.62 bits per heavy atom. The molecule has 0 aromatic heterocycles. The summed E-state index contributed by atoms with van der Waals surface area (Å²) in [4.78, 5) is 0. The lowest BCUT2D eigenvalue weighted by molar-refractivity contribution is 0.321. The molecule has 1 aromatic rings. The Hall–Kier alpha value is -1.42. The molecule has 0 aliphatic heterocycles. The molecule has 0 saturated carbocycles. The molecule has 0 amide bonds. The minimum Gasteiger partial charge on any atom is -0.493 e. The standard InChI is InChI=1S/C11H10INO3/c1-3-4-16-11-9(12)5-8(7-13-14)6-10(11)15-2/h1,5-7,14H,4H2,2H3. The van der Waals surface area contributed by atoms with E-state index >= 15 is 0 Å². The van der Waals surface area contributed by atoms with Gasteiger partial charge in [0.2, 0.25) is 0 Å². The number of oxime groups is 1. The molecule has 5 heteroatoms. The molecular weight excluding hydrogens is 321 g/mol. The Morgan fingerprint density at radius 3 is 2.94 bits per heavy atom. The summed E-state index contributed by atoms with van der Waals surface area (Å²) in [5, 5.41) is 11.4. The molecule has 0 bridgehead atoms. The largest absolute Gasteiger partial charge is 0.493 e. The number of terminal acetylenes is 1. The van der Waals surface area contributed by atoms with E-state index in [0.29, 0.717) is 11.5 Å². The summed E-state index contributed by atoms with van der Waals surface area (Å²) in [6, 6.07) is 3.50. The predicted octanol–water partition coefficient (Wildman–Crippen LogP) is 2.12. The minimum atomic E-state index is 0.180.